The summed E-state index contributed by atoms with van der Waals surface area (Å²) < 4.78 is 12.2. The molecule has 4 bridgehead atoms. The summed E-state index contributed by atoms with van der Waals surface area (Å²) in [4.78, 5) is 2.46. The summed E-state index contributed by atoms with van der Waals surface area (Å²) in [5.74, 6) is 2.79. The van der Waals surface area contributed by atoms with Crippen molar-refractivity contribution in [3.63, 3.8) is 0 Å². The summed E-state index contributed by atoms with van der Waals surface area (Å²) in [5.41, 5.74) is 0.177. The lowest BCUT2D eigenvalue weighted by molar-refractivity contribution is -0.170. The molecule has 4 nitrogen and oxygen atoms in total. The van der Waals surface area contributed by atoms with E-state index < -0.39 is 0 Å². The highest BCUT2D eigenvalue weighted by Crippen LogP contribution is 2.57. The molecule has 4 heteroatoms. The van der Waals surface area contributed by atoms with Gasteiger partial charge in [0.05, 0.1) is 31.5 Å². The molecular weight excluding hydrogens is 338 g/mol. The van der Waals surface area contributed by atoms with Gasteiger partial charge in [0.2, 0.25) is 0 Å². The molecule has 0 amide bonds. The molecule has 5 aliphatic carbocycles. The van der Waals surface area contributed by atoms with E-state index in [-0.39, 0.29) is 11.7 Å². The maximum atomic E-state index is 10.4. The predicted molar refractivity (Wildman–Crippen MR) is 108 cm³/mol. The molecule has 0 heterocycles. The predicted octanol–water partition coefficient (Wildman–Crippen LogP) is 4.00. The molecule has 0 radical (unpaired) electrons. The molecule has 0 unspecified atom stereocenters. The van der Waals surface area contributed by atoms with Crippen LogP contribution in [0, 0.1) is 17.8 Å². The van der Waals surface area contributed by atoms with Crippen LogP contribution in [0.1, 0.15) is 77.6 Å². The van der Waals surface area contributed by atoms with Crippen molar-refractivity contribution < 1.29 is 14.6 Å². The lowest BCUT2D eigenvalue weighted by Crippen LogP contribution is -2.52. The smallest absolute Gasteiger partial charge is 0.0900 e. The van der Waals surface area contributed by atoms with Crippen LogP contribution in [0.2, 0.25) is 0 Å². The first kappa shape index (κ1) is 20.1. The van der Waals surface area contributed by atoms with Crippen LogP contribution in [0.25, 0.3) is 0 Å². The molecule has 1 N–H and O–H groups in total. The van der Waals surface area contributed by atoms with Crippen LogP contribution < -0.4 is 0 Å². The van der Waals surface area contributed by atoms with Crippen molar-refractivity contribution in [3.05, 3.63) is 0 Å². The van der Waals surface area contributed by atoms with Crippen LogP contribution in [0.5, 0.6) is 0 Å². The molecule has 5 aliphatic rings. The van der Waals surface area contributed by atoms with Crippen LogP contribution in [-0.2, 0) is 9.47 Å². The fourth-order valence-electron chi connectivity index (χ4n) is 7.05. The Morgan fingerprint density at radius 3 is 2.19 bits per heavy atom. The molecule has 0 aromatic heterocycles. The largest absolute Gasteiger partial charge is 0.389 e. The quantitative estimate of drug-likeness (QED) is 0.583. The van der Waals surface area contributed by atoms with Crippen molar-refractivity contribution in [1.29, 1.82) is 0 Å². The molecule has 5 rings (SSSR count). The van der Waals surface area contributed by atoms with E-state index in [2.05, 4.69) is 11.8 Å². The lowest BCUT2D eigenvalue weighted by Gasteiger charge is -2.56. The first-order chi connectivity index (χ1) is 13.2. The van der Waals surface area contributed by atoms with Gasteiger partial charge in [-0.1, -0.05) is 26.2 Å². The third kappa shape index (κ3) is 5.07. The number of nitrogens with zero attached hydrogens (tertiary/aromatic N) is 1. The second kappa shape index (κ2) is 9.11. The van der Waals surface area contributed by atoms with Gasteiger partial charge in [-0.3, -0.25) is 4.90 Å². The standard InChI is InChI=1S/C23H41NO3/c1-2-24(21-6-4-3-5-7-21)16-22(25)17-26-8-9-27-23-13-18-10-19(14-23)12-20(11-18)15-23/h18-22,25H,2-17H2,1H3/t18?,19?,20?,22-,23?/m0/s1. The molecule has 27 heavy (non-hydrogen) atoms. The Labute approximate surface area is 166 Å². The van der Waals surface area contributed by atoms with Gasteiger partial charge in [-0.25, -0.2) is 0 Å². The Morgan fingerprint density at radius 2 is 1.59 bits per heavy atom. The highest BCUT2D eigenvalue weighted by atomic mass is 16.5. The molecular formula is C23H41NO3. The Kier molecular flexibility index (Phi) is 6.79. The maximum absolute atomic E-state index is 10.4. The number of ether oxygens (including phenoxy) is 2. The number of rotatable bonds is 10. The van der Waals surface area contributed by atoms with Crippen LogP contribution in [0.3, 0.4) is 0 Å². The van der Waals surface area contributed by atoms with Gasteiger partial charge in [0.15, 0.2) is 0 Å². The molecule has 0 aromatic carbocycles. The summed E-state index contributed by atoms with van der Waals surface area (Å²) >= 11 is 0. The average Bonchev–Trinajstić information content (AvgIpc) is 2.65. The minimum absolute atomic E-state index is 0.177. The second-order valence-electron chi connectivity index (χ2n) is 10.1. The van der Waals surface area contributed by atoms with Crippen molar-refractivity contribution in [3.8, 4) is 0 Å². The number of aliphatic hydroxyl groups is 1. The van der Waals surface area contributed by atoms with Crippen molar-refractivity contribution in [2.24, 2.45) is 17.8 Å². The molecule has 1 atom stereocenters. The molecule has 0 spiro atoms. The highest BCUT2D eigenvalue weighted by Gasteiger charge is 2.51. The van der Waals surface area contributed by atoms with E-state index in [9.17, 15) is 5.11 Å². The summed E-state index contributed by atoms with van der Waals surface area (Å²) in [6.07, 6.45) is 14.5. The van der Waals surface area contributed by atoms with Crippen molar-refractivity contribution in [2.45, 2.75) is 95.3 Å². The van der Waals surface area contributed by atoms with E-state index in [1.54, 1.807) is 0 Å². The fraction of sp³-hybridized carbons (Fsp3) is 1.00. The number of likely N-dealkylation sites (N-methyl/N-ethyl adjacent to an activating group) is 1. The van der Waals surface area contributed by atoms with Gasteiger partial charge in [0, 0.05) is 12.6 Å². The monoisotopic (exact) mass is 379 g/mol. The van der Waals surface area contributed by atoms with Gasteiger partial charge in [0.25, 0.3) is 0 Å². The third-order valence-corrected chi connectivity index (χ3v) is 7.87. The fourth-order valence-corrected chi connectivity index (χ4v) is 7.05. The van der Waals surface area contributed by atoms with E-state index in [4.69, 9.17) is 9.47 Å². The highest BCUT2D eigenvalue weighted by molar-refractivity contribution is 5.03. The minimum Gasteiger partial charge on any atom is -0.389 e. The van der Waals surface area contributed by atoms with E-state index in [0.717, 1.165) is 30.8 Å². The molecule has 5 fully saturated rings. The van der Waals surface area contributed by atoms with Gasteiger partial charge >= 0.3 is 0 Å². The van der Waals surface area contributed by atoms with Gasteiger partial charge in [-0.15, -0.1) is 0 Å². The maximum Gasteiger partial charge on any atom is 0.0900 e. The zero-order chi connectivity index (χ0) is 18.7. The molecule has 156 valence electrons. The van der Waals surface area contributed by atoms with E-state index >= 15 is 0 Å². The van der Waals surface area contributed by atoms with Crippen molar-refractivity contribution >= 4 is 0 Å². The Balaban J connectivity index is 1.12. The van der Waals surface area contributed by atoms with Gasteiger partial charge in [-0.2, -0.15) is 0 Å². The normalized spacial score (nSPS) is 37.2. The zero-order valence-corrected chi connectivity index (χ0v) is 17.4. The molecule has 0 aromatic rings. The Hall–Kier alpha value is -0.160. The summed E-state index contributed by atoms with van der Waals surface area (Å²) in [7, 11) is 0. The van der Waals surface area contributed by atoms with E-state index in [1.165, 1.54) is 70.6 Å². The molecule has 5 saturated carbocycles. The SMILES string of the molecule is CCN(C[C@H](O)COCCOC12CC3CC(CC(C3)C1)C2)C1CCCCC1. The van der Waals surface area contributed by atoms with Gasteiger partial charge in [-0.05, 0) is 75.7 Å². The first-order valence-electron chi connectivity index (χ1n) is 11.8. The van der Waals surface area contributed by atoms with E-state index in [1.807, 2.05) is 0 Å². The van der Waals surface area contributed by atoms with Crippen LogP contribution in [-0.4, -0.2) is 60.7 Å². The topological polar surface area (TPSA) is 41.9 Å². The van der Waals surface area contributed by atoms with E-state index in [0.29, 0.717) is 25.9 Å². The molecule has 0 saturated heterocycles. The minimum atomic E-state index is -0.383. The lowest BCUT2D eigenvalue weighted by atomic mass is 9.54. The summed E-state index contributed by atoms with van der Waals surface area (Å²) in [6.45, 7) is 5.73. The second-order valence-corrected chi connectivity index (χ2v) is 10.1. The zero-order valence-electron chi connectivity index (χ0n) is 17.4. The molecule has 0 aliphatic heterocycles. The average molecular weight is 380 g/mol. The van der Waals surface area contributed by atoms with Crippen LogP contribution in [0.4, 0.5) is 0 Å². The first-order valence-corrected chi connectivity index (χ1v) is 11.8. The van der Waals surface area contributed by atoms with Gasteiger partial charge < -0.3 is 14.6 Å². The van der Waals surface area contributed by atoms with Crippen LogP contribution in [0.15, 0.2) is 0 Å². The van der Waals surface area contributed by atoms with Crippen molar-refractivity contribution in [1.82, 2.24) is 4.90 Å². The Morgan fingerprint density at radius 1 is 0.963 bits per heavy atom. The van der Waals surface area contributed by atoms with Crippen LogP contribution >= 0.6 is 0 Å². The Bertz CT molecular complexity index is 427. The summed E-state index contributed by atoms with van der Waals surface area (Å²) in [5, 5.41) is 10.4. The summed E-state index contributed by atoms with van der Waals surface area (Å²) in [6, 6.07) is 0.665. The van der Waals surface area contributed by atoms with Crippen molar-refractivity contribution in [2.75, 3.05) is 32.9 Å². The number of aliphatic hydroxyl groups excluding tert-OH is 1. The van der Waals surface area contributed by atoms with Gasteiger partial charge in [0.1, 0.15) is 0 Å². The third-order valence-electron chi connectivity index (χ3n) is 7.87. The number of hydrogen-bond donors (Lipinski definition) is 1. The number of hydrogen-bond acceptors (Lipinski definition) is 4.